The van der Waals surface area contributed by atoms with Crippen LogP contribution in [0.3, 0.4) is 0 Å². The lowest BCUT2D eigenvalue weighted by Crippen LogP contribution is -2.24. The summed E-state index contributed by atoms with van der Waals surface area (Å²) in [6.45, 7) is 1.93. The average Bonchev–Trinajstić information content (AvgIpc) is 2.81. The van der Waals surface area contributed by atoms with Gasteiger partial charge in [-0.1, -0.05) is 0 Å². The summed E-state index contributed by atoms with van der Waals surface area (Å²) in [7, 11) is -0.720. The van der Waals surface area contributed by atoms with Crippen molar-refractivity contribution in [2.24, 2.45) is 0 Å². The number of hydrogen-bond donors (Lipinski definition) is 2. The summed E-state index contributed by atoms with van der Waals surface area (Å²) in [4.78, 5) is 3.99. The lowest BCUT2D eigenvalue weighted by atomic mass is 10.1. The molecule has 0 aliphatic carbocycles. The van der Waals surface area contributed by atoms with Gasteiger partial charge in [0.25, 0.3) is 0 Å². The zero-order valence-corrected chi connectivity index (χ0v) is 13.6. The molecule has 2 rings (SSSR count). The van der Waals surface area contributed by atoms with Crippen LogP contribution in [-0.4, -0.2) is 36.2 Å². The molecular weight excluding hydrogens is 310 g/mol. The van der Waals surface area contributed by atoms with Crippen LogP contribution >= 0.6 is 11.5 Å². The third kappa shape index (κ3) is 3.14. The first kappa shape index (κ1) is 15.7. The normalized spacial score (nSPS) is 13.3. The molecule has 0 spiro atoms. The molecule has 0 fully saturated rings. The van der Waals surface area contributed by atoms with E-state index < -0.39 is 10.0 Å². The third-order valence-electron chi connectivity index (χ3n) is 2.97. The largest absolute Gasteiger partial charge is 0.382 e. The van der Waals surface area contributed by atoms with Crippen LogP contribution in [0.25, 0.3) is 0 Å². The summed E-state index contributed by atoms with van der Waals surface area (Å²) in [5, 5.41) is 3.59. The Morgan fingerprint density at radius 1 is 1.33 bits per heavy atom. The molecule has 0 bridgehead atoms. The zero-order chi connectivity index (χ0) is 15.6. The molecule has 114 valence electrons. The predicted molar refractivity (Wildman–Crippen MR) is 83.7 cm³/mol. The van der Waals surface area contributed by atoms with E-state index in [-0.39, 0.29) is 16.8 Å². The molecule has 0 aliphatic rings. The number of nitrogen functional groups attached to an aromatic ring is 1. The maximum absolute atomic E-state index is 12.3. The minimum Gasteiger partial charge on any atom is -0.382 e. The van der Waals surface area contributed by atoms with Gasteiger partial charge >= 0.3 is 0 Å². The lowest BCUT2D eigenvalue weighted by molar-refractivity contribution is 0.521. The zero-order valence-electron chi connectivity index (χ0n) is 11.9. The summed E-state index contributed by atoms with van der Waals surface area (Å²) in [6.07, 6.45) is 3.37. The highest BCUT2D eigenvalue weighted by Gasteiger charge is 2.28. The van der Waals surface area contributed by atoms with Crippen molar-refractivity contribution in [1.29, 1.82) is 0 Å². The van der Waals surface area contributed by atoms with E-state index in [1.807, 2.05) is 19.1 Å². The van der Waals surface area contributed by atoms with E-state index in [4.69, 9.17) is 5.73 Å². The van der Waals surface area contributed by atoms with E-state index in [1.165, 1.54) is 14.1 Å². The quantitative estimate of drug-likeness (QED) is 0.864. The van der Waals surface area contributed by atoms with E-state index in [1.54, 1.807) is 12.4 Å². The first-order valence-electron chi connectivity index (χ1n) is 6.18. The fraction of sp³-hybridized carbons (Fsp3) is 0.333. The number of anilines is 2. The summed E-state index contributed by atoms with van der Waals surface area (Å²) in [6, 6.07) is 3.63. The molecule has 0 aromatic carbocycles. The maximum Gasteiger partial charge on any atom is 0.249 e. The summed E-state index contributed by atoms with van der Waals surface area (Å²) in [5.74, 6) is 0.0122. The minimum absolute atomic E-state index is 0.0122. The van der Waals surface area contributed by atoms with Crippen LogP contribution < -0.4 is 11.1 Å². The van der Waals surface area contributed by atoms with Crippen molar-refractivity contribution in [2.45, 2.75) is 17.9 Å². The van der Waals surface area contributed by atoms with Crippen LogP contribution in [-0.2, 0) is 10.0 Å². The molecule has 0 amide bonds. The van der Waals surface area contributed by atoms with Gasteiger partial charge in [-0.15, -0.1) is 0 Å². The maximum atomic E-state index is 12.3. The Morgan fingerprint density at radius 3 is 2.52 bits per heavy atom. The second-order valence-electron chi connectivity index (χ2n) is 4.66. The molecule has 2 aromatic rings. The van der Waals surface area contributed by atoms with Crippen LogP contribution in [0.2, 0.25) is 0 Å². The first-order chi connectivity index (χ1) is 9.84. The number of pyridine rings is 1. The lowest BCUT2D eigenvalue weighted by Gasteiger charge is -2.17. The van der Waals surface area contributed by atoms with E-state index in [2.05, 4.69) is 14.7 Å². The third-order valence-corrected chi connectivity index (χ3v) is 5.78. The van der Waals surface area contributed by atoms with Gasteiger partial charge in [0.1, 0.15) is 5.00 Å². The van der Waals surface area contributed by atoms with Gasteiger partial charge in [0, 0.05) is 32.5 Å². The van der Waals surface area contributed by atoms with Crippen molar-refractivity contribution < 1.29 is 8.42 Å². The first-order valence-corrected chi connectivity index (χ1v) is 8.39. The standard InChI is InChI=1S/C12H17N5O2S2/c1-8(9-4-6-14-7-5-9)15-12-10(11(13)16-20-12)21(18,19)17(2)3/h4-8,15H,1-3H3,(H2,13,16). The van der Waals surface area contributed by atoms with Crippen molar-refractivity contribution in [3.8, 4) is 0 Å². The van der Waals surface area contributed by atoms with Gasteiger partial charge in [-0.05, 0) is 36.2 Å². The van der Waals surface area contributed by atoms with Crippen LogP contribution in [0, 0.1) is 0 Å². The number of sulfonamides is 1. The predicted octanol–water partition coefficient (Wildman–Crippen LogP) is 1.54. The van der Waals surface area contributed by atoms with Gasteiger partial charge in [0.15, 0.2) is 10.7 Å². The molecule has 7 nitrogen and oxygen atoms in total. The Hall–Kier alpha value is -1.71. The Bertz CT molecular complexity index is 713. The smallest absolute Gasteiger partial charge is 0.249 e. The van der Waals surface area contributed by atoms with Crippen LogP contribution in [0.4, 0.5) is 10.8 Å². The number of nitrogens with two attached hydrogens (primary N) is 1. The summed E-state index contributed by atoms with van der Waals surface area (Å²) in [5.41, 5.74) is 6.71. The molecule has 0 aliphatic heterocycles. The molecular formula is C12H17N5O2S2. The number of nitrogens with zero attached hydrogens (tertiary/aromatic N) is 3. The number of nitrogens with one attached hydrogen (secondary N) is 1. The fourth-order valence-corrected chi connectivity index (χ4v) is 3.90. The Morgan fingerprint density at radius 2 is 1.95 bits per heavy atom. The highest BCUT2D eigenvalue weighted by Crippen LogP contribution is 2.35. The van der Waals surface area contributed by atoms with Gasteiger partial charge in [0.05, 0.1) is 0 Å². The molecule has 3 N–H and O–H groups in total. The summed E-state index contributed by atoms with van der Waals surface area (Å²) < 4.78 is 29.7. The van der Waals surface area contributed by atoms with Crippen molar-refractivity contribution in [3.63, 3.8) is 0 Å². The van der Waals surface area contributed by atoms with Crippen molar-refractivity contribution in [3.05, 3.63) is 30.1 Å². The minimum atomic E-state index is -3.64. The molecule has 1 atom stereocenters. The molecule has 9 heteroatoms. The van der Waals surface area contributed by atoms with Gasteiger partial charge in [-0.3, -0.25) is 4.98 Å². The van der Waals surface area contributed by atoms with Gasteiger partial charge in [-0.25, -0.2) is 12.7 Å². The van der Waals surface area contributed by atoms with Crippen LogP contribution in [0.5, 0.6) is 0 Å². The van der Waals surface area contributed by atoms with Gasteiger partial charge in [0.2, 0.25) is 10.0 Å². The second-order valence-corrected chi connectivity index (χ2v) is 7.52. The van der Waals surface area contributed by atoms with E-state index in [9.17, 15) is 8.42 Å². The van der Waals surface area contributed by atoms with Gasteiger partial charge in [-0.2, -0.15) is 4.37 Å². The SMILES string of the molecule is CC(Nc1snc(N)c1S(=O)(=O)N(C)C)c1ccncc1. The fourth-order valence-electron chi connectivity index (χ4n) is 1.75. The number of hydrogen-bond acceptors (Lipinski definition) is 7. The Kier molecular flexibility index (Phi) is 4.45. The van der Waals surface area contributed by atoms with E-state index in [0.29, 0.717) is 5.00 Å². The molecule has 2 aromatic heterocycles. The second kappa shape index (κ2) is 5.96. The van der Waals surface area contributed by atoms with Crippen molar-refractivity contribution in [2.75, 3.05) is 25.1 Å². The van der Waals surface area contributed by atoms with Crippen molar-refractivity contribution in [1.82, 2.24) is 13.7 Å². The molecule has 0 saturated carbocycles. The number of aromatic nitrogens is 2. The number of rotatable bonds is 5. The topological polar surface area (TPSA) is 101 Å². The average molecular weight is 327 g/mol. The molecule has 21 heavy (non-hydrogen) atoms. The highest BCUT2D eigenvalue weighted by molar-refractivity contribution is 7.89. The molecule has 0 saturated heterocycles. The van der Waals surface area contributed by atoms with Crippen LogP contribution in [0.1, 0.15) is 18.5 Å². The summed E-state index contributed by atoms with van der Waals surface area (Å²) >= 11 is 1.04. The van der Waals surface area contributed by atoms with Crippen LogP contribution in [0.15, 0.2) is 29.4 Å². The monoisotopic (exact) mass is 327 g/mol. The Labute approximate surface area is 128 Å². The molecule has 0 radical (unpaired) electrons. The van der Waals surface area contributed by atoms with E-state index in [0.717, 1.165) is 21.4 Å². The highest BCUT2D eigenvalue weighted by atomic mass is 32.2. The van der Waals surface area contributed by atoms with Gasteiger partial charge < -0.3 is 11.1 Å². The Balaban J connectivity index is 2.35. The molecule has 1 unspecified atom stereocenters. The van der Waals surface area contributed by atoms with Crippen molar-refractivity contribution >= 4 is 32.4 Å². The van der Waals surface area contributed by atoms with E-state index >= 15 is 0 Å². The molecule has 2 heterocycles.